The second-order valence-corrected chi connectivity index (χ2v) is 2.89. The summed E-state index contributed by atoms with van der Waals surface area (Å²) in [5, 5.41) is 3.88. The van der Waals surface area contributed by atoms with E-state index in [0.717, 1.165) is 29.9 Å². The van der Waals surface area contributed by atoms with Crippen LogP contribution < -0.4 is 0 Å². The van der Waals surface area contributed by atoms with Crippen LogP contribution in [0.1, 0.15) is 12.8 Å². The van der Waals surface area contributed by atoms with Crippen LogP contribution in [0.2, 0.25) is 0 Å². The van der Waals surface area contributed by atoms with Gasteiger partial charge in [0.05, 0.1) is 12.9 Å². The molecule has 3 heteroatoms. The van der Waals surface area contributed by atoms with E-state index in [4.69, 9.17) is 9.57 Å². The van der Waals surface area contributed by atoms with E-state index >= 15 is 0 Å². The largest absolute Gasteiger partial charge is 0.501 e. The van der Waals surface area contributed by atoms with Crippen LogP contribution in [0, 0.1) is 0 Å². The minimum absolute atomic E-state index is 0.791. The molecule has 3 nitrogen and oxygen atoms in total. The van der Waals surface area contributed by atoms with Crippen LogP contribution in [0.25, 0.3) is 0 Å². The lowest BCUT2D eigenvalue weighted by atomic mass is 9.99. The maximum absolute atomic E-state index is 5.13. The van der Waals surface area contributed by atoms with Crippen molar-refractivity contribution in [2.24, 2.45) is 5.16 Å². The van der Waals surface area contributed by atoms with Gasteiger partial charge >= 0.3 is 0 Å². The Kier molecular flexibility index (Phi) is 3.98. The molecule has 0 saturated carbocycles. The van der Waals surface area contributed by atoms with Crippen LogP contribution in [-0.2, 0) is 9.57 Å². The molecule has 0 fully saturated rings. The first-order valence-corrected chi connectivity index (χ1v) is 4.49. The van der Waals surface area contributed by atoms with Crippen molar-refractivity contribution in [1.29, 1.82) is 0 Å². The summed E-state index contributed by atoms with van der Waals surface area (Å²) in [6.45, 7) is 3.69. The first-order chi connectivity index (χ1) is 6.81. The maximum Gasteiger partial charge on any atom is 0.106 e. The molecular formula is C11H15NO2. The fourth-order valence-corrected chi connectivity index (χ4v) is 1.33. The van der Waals surface area contributed by atoms with Gasteiger partial charge in [-0.15, -0.1) is 0 Å². The van der Waals surface area contributed by atoms with E-state index < -0.39 is 0 Å². The van der Waals surface area contributed by atoms with Gasteiger partial charge < -0.3 is 9.57 Å². The second-order valence-electron chi connectivity index (χ2n) is 2.89. The van der Waals surface area contributed by atoms with Crippen molar-refractivity contribution < 1.29 is 9.57 Å². The highest BCUT2D eigenvalue weighted by Gasteiger charge is 2.10. The van der Waals surface area contributed by atoms with Gasteiger partial charge in [-0.1, -0.05) is 17.8 Å². The first kappa shape index (κ1) is 10.6. The molecule has 76 valence electrons. The highest BCUT2D eigenvalue weighted by atomic mass is 16.6. The van der Waals surface area contributed by atoms with Gasteiger partial charge in [0.15, 0.2) is 0 Å². The normalized spacial score (nSPS) is 16.9. The van der Waals surface area contributed by atoms with Crippen molar-refractivity contribution in [2.45, 2.75) is 12.8 Å². The summed E-state index contributed by atoms with van der Waals surface area (Å²) in [6, 6.07) is 0. The number of ether oxygens (including phenoxy) is 1. The standard InChI is InChI=1S/C11H15NO2/c1-4-11(12-14-3)9-5-7-10(13-2)8-6-9/h4-5,7H,1,6,8H2,2-3H3/b12-11+. The molecule has 0 unspecified atom stereocenters. The number of methoxy groups -OCH3 is 1. The van der Waals surface area contributed by atoms with Crippen LogP contribution in [-0.4, -0.2) is 19.9 Å². The molecule has 0 amide bonds. The quantitative estimate of drug-likeness (QED) is 0.507. The number of hydrogen-bond donors (Lipinski definition) is 0. The zero-order valence-electron chi connectivity index (χ0n) is 8.62. The fourth-order valence-electron chi connectivity index (χ4n) is 1.33. The molecule has 0 aromatic heterocycles. The number of allylic oxidation sites excluding steroid dienone is 5. The van der Waals surface area contributed by atoms with Crippen LogP contribution in [0.15, 0.2) is 41.3 Å². The number of nitrogens with zero attached hydrogens (tertiary/aromatic N) is 1. The monoisotopic (exact) mass is 193 g/mol. The molecule has 0 N–H and O–H groups in total. The molecule has 0 atom stereocenters. The number of hydrogen-bond acceptors (Lipinski definition) is 3. The molecule has 1 rings (SSSR count). The summed E-state index contributed by atoms with van der Waals surface area (Å²) in [5.74, 6) is 0.995. The van der Waals surface area contributed by atoms with Gasteiger partial charge in [-0.05, 0) is 24.1 Å². The van der Waals surface area contributed by atoms with Gasteiger partial charge in [-0.25, -0.2) is 0 Å². The molecule has 0 aromatic rings. The molecule has 0 bridgehead atoms. The molecule has 0 aromatic carbocycles. The van der Waals surface area contributed by atoms with Gasteiger partial charge in [-0.3, -0.25) is 0 Å². The van der Waals surface area contributed by atoms with E-state index in [0.29, 0.717) is 0 Å². The molecule has 0 radical (unpaired) electrons. The van der Waals surface area contributed by atoms with E-state index in [1.165, 1.54) is 7.11 Å². The molecule has 0 aliphatic heterocycles. The van der Waals surface area contributed by atoms with Gasteiger partial charge in [0.2, 0.25) is 0 Å². The number of rotatable bonds is 4. The van der Waals surface area contributed by atoms with Crippen LogP contribution in [0.5, 0.6) is 0 Å². The zero-order chi connectivity index (χ0) is 10.4. The van der Waals surface area contributed by atoms with Gasteiger partial charge in [0.1, 0.15) is 12.8 Å². The van der Waals surface area contributed by atoms with E-state index in [1.807, 2.05) is 12.2 Å². The smallest absolute Gasteiger partial charge is 0.106 e. The summed E-state index contributed by atoms with van der Waals surface area (Å²) < 4.78 is 5.13. The highest BCUT2D eigenvalue weighted by molar-refractivity contribution is 6.08. The van der Waals surface area contributed by atoms with E-state index in [1.54, 1.807) is 13.2 Å². The summed E-state index contributed by atoms with van der Waals surface area (Å²) in [5.41, 5.74) is 1.92. The summed E-state index contributed by atoms with van der Waals surface area (Å²) in [4.78, 5) is 4.73. The van der Waals surface area contributed by atoms with E-state index in [9.17, 15) is 0 Å². The summed E-state index contributed by atoms with van der Waals surface area (Å²) in [6.07, 6.45) is 7.45. The SMILES string of the molecule is C=C/C(=N\OC)C1=CC=C(OC)CC1. The third-order valence-electron chi connectivity index (χ3n) is 2.09. The molecule has 1 aliphatic carbocycles. The third kappa shape index (κ3) is 2.49. The molecule has 0 heterocycles. The van der Waals surface area contributed by atoms with Crippen LogP contribution in [0.3, 0.4) is 0 Å². The summed E-state index contributed by atoms with van der Waals surface area (Å²) in [7, 11) is 3.21. The number of oxime groups is 1. The predicted molar refractivity (Wildman–Crippen MR) is 57.1 cm³/mol. The Morgan fingerprint density at radius 2 is 2.21 bits per heavy atom. The minimum Gasteiger partial charge on any atom is -0.501 e. The van der Waals surface area contributed by atoms with Gasteiger partial charge in [0, 0.05) is 6.42 Å². The lowest BCUT2D eigenvalue weighted by Gasteiger charge is -2.13. The van der Waals surface area contributed by atoms with Crippen LogP contribution >= 0.6 is 0 Å². The second kappa shape index (κ2) is 5.27. The van der Waals surface area contributed by atoms with Gasteiger partial charge in [0.25, 0.3) is 0 Å². The lowest BCUT2D eigenvalue weighted by molar-refractivity contribution is 0.214. The minimum atomic E-state index is 0.791. The van der Waals surface area contributed by atoms with Gasteiger partial charge in [-0.2, -0.15) is 0 Å². The first-order valence-electron chi connectivity index (χ1n) is 4.49. The zero-order valence-corrected chi connectivity index (χ0v) is 8.62. The van der Waals surface area contributed by atoms with Crippen molar-refractivity contribution in [2.75, 3.05) is 14.2 Å². The lowest BCUT2D eigenvalue weighted by Crippen LogP contribution is -2.04. The Balaban J connectivity index is 2.80. The Bertz CT molecular complexity index is 300. The third-order valence-corrected chi connectivity index (χ3v) is 2.09. The molecule has 14 heavy (non-hydrogen) atoms. The van der Waals surface area contributed by atoms with E-state index in [2.05, 4.69) is 11.7 Å². The van der Waals surface area contributed by atoms with Crippen LogP contribution in [0.4, 0.5) is 0 Å². The highest BCUT2D eigenvalue weighted by Crippen LogP contribution is 2.20. The molecule has 0 saturated heterocycles. The maximum atomic E-state index is 5.13. The van der Waals surface area contributed by atoms with E-state index in [-0.39, 0.29) is 0 Å². The summed E-state index contributed by atoms with van der Waals surface area (Å²) >= 11 is 0. The Morgan fingerprint density at radius 1 is 1.43 bits per heavy atom. The fraction of sp³-hybridized carbons (Fsp3) is 0.364. The van der Waals surface area contributed by atoms with Crippen molar-refractivity contribution in [3.8, 4) is 0 Å². The van der Waals surface area contributed by atoms with Crippen molar-refractivity contribution in [3.63, 3.8) is 0 Å². The molecule has 0 spiro atoms. The Hall–Kier alpha value is -1.51. The average Bonchev–Trinajstić information content (AvgIpc) is 2.26. The Morgan fingerprint density at radius 3 is 2.64 bits per heavy atom. The van der Waals surface area contributed by atoms with Crippen molar-refractivity contribution >= 4 is 5.71 Å². The Labute approximate surface area is 84.4 Å². The predicted octanol–water partition coefficient (Wildman–Crippen LogP) is 2.43. The topological polar surface area (TPSA) is 30.8 Å². The molecule has 1 aliphatic rings. The van der Waals surface area contributed by atoms with Crippen molar-refractivity contribution in [3.05, 3.63) is 36.1 Å². The average molecular weight is 193 g/mol. The molecular weight excluding hydrogens is 178 g/mol. The van der Waals surface area contributed by atoms with Crippen molar-refractivity contribution in [1.82, 2.24) is 0 Å².